The third kappa shape index (κ3) is 10.9. The smallest absolute Gasteiger partial charge is 0.429 e. The lowest BCUT2D eigenvalue weighted by Crippen LogP contribution is -2.50. The van der Waals surface area contributed by atoms with Crippen molar-refractivity contribution in [3.05, 3.63) is 0 Å². The summed E-state index contributed by atoms with van der Waals surface area (Å²) >= 11 is 0. The molecule has 0 aliphatic heterocycles. The molecule has 0 aromatic heterocycles. The summed E-state index contributed by atoms with van der Waals surface area (Å²) in [6.07, 6.45) is 1.53. The zero-order valence-corrected chi connectivity index (χ0v) is 14.4. The molecule has 1 N–H and O–H groups in total. The number of nitrogens with zero attached hydrogens (tertiary/aromatic N) is 1. The third-order valence-corrected chi connectivity index (χ3v) is 2.22. The molecule has 0 saturated carbocycles. The minimum Gasteiger partial charge on any atom is -0.443 e. The van der Waals surface area contributed by atoms with Crippen LogP contribution in [0.2, 0.25) is 0 Å². The summed E-state index contributed by atoms with van der Waals surface area (Å²) in [6.45, 7) is 13.1. The van der Waals surface area contributed by atoms with Gasteiger partial charge in [-0.1, -0.05) is 19.8 Å². The molecule has 0 unspecified atom stereocenters. The van der Waals surface area contributed by atoms with Gasteiger partial charge in [0, 0.05) is 6.54 Å². The lowest BCUT2D eigenvalue weighted by atomic mass is 10.2. The second-order valence-corrected chi connectivity index (χ2v) is 6.95. The molecule has 0 atom stereocenters. The first-order chi connectivity index (χ1) is 9.44. The summed E-state index contributed by atoms with van der Waals surface area (Å²) in [5.41, 5.74) is 1.22. The number of nitrogens with one attached hydrogen (secondary N) is 1. The summed E-state index contributed by atoms with van der Waals surface area (Å²) in [5.74, 6) is 0. The van der Waals surface area contributed by atoms with Crippen LogP contribution in [-0.2, 0) is 9.47 Å². The Labute approximate surface area is 128 Å². The van der Waals surface area contributed by atoms with E-state index in [1.54, 1.807) is 41.5 Å². The van der Waals surface area contributed by atoms with Crippen LogP contribution in [0.5, 0.6) is 0 Å². The number of hydrogen-bond donors (Lipinski definition) is 1. The highest BCUT2D eigenvalue weighted by Crippen LogP contribution is 2.11. The van der Waals surface area contributed by atoms with Crippen molar-refractivity contribution in [3.8, 4) is 0 Å². The molecule has 21 heavy (non-hydrogen) atoms. The maximum Gasteiger partial charge on any atom is 0.429 e. The Hall–Kier alpha value is -1.46. The minimum absolute atomic E-state index is 0.391. The van der Waals surface area contributed by atoms with Gasteiger partial charge < -0.3 is 9.47 Å². The van der Waals surface area contributed by atoms with Gasteiger partial charge in [0.1, 0.15) is 11.2 Å². The van der Waals surface area contributed by atoms with Gasteiger partial charge in [-0.2, -0.15) is 0 Å². The second kappa shape index (κ2) is 8.10. The number of unbranched alkanes of at least 4 members (excludes halogenated alkanes) is 2. The highest BCUT2D eigenvalue weighted by atomic mass is 16.6. The van der Waals surface area contributed by atoms with Crippen LogP contribution in [0.4, 0.5) is 9.59 Å². The van der Waals surface area contributed by atoms with Crippen LogP contribution in [0.15, 0.2) is 0 Å². The number of carbonyl (C=O) groups excluding carboxylic acids is 2. The van der Waals surface area contributed by atoms with Crippen LogP contribution < -0.4 is 5.43 Å². The standard InChI is InChI=1S/C15H30N2O4/c1-8-9-10-11-17(13(19)21-15(5,6)7)16-12(18)20-14(2,3)4/h8-11H2,1-7H3,(H,16,18). The highest BCUT2D eigenvalue weighted by Gasteiger charge is 2.25. The number of ether oxygens (including phenoxy) is 2. The van der Waals surface area contributed by atoms with Gasteiger partial charge in [0.25, 0.3) is 0 Å². The number of rotatable bonds is 4. The molecule has 0 spiro atoms. The van der Waals surface area contributed by atoms with Crippen molar-refractivity contribution in [1.29, 1.82) is 0 Å². The Balaban J connectivity index is 4.65. The molecule has 0 aliphatic rings. The average molecular weight is 302 g/mol. The molecule has 0 radical (unpaired) electrons. The van der Waals surface area contributed by atoms with E-state index in [0.717, 1.165) is 19.3 Å². The fourth-order valence-corrected chi connectivity index (χ4v) is 1.44. The molecule has 0 bridgehead atoms. The van der Waals surface area contributed by atoms with Gasteiger partial charge in [-0.3, -0.25) is 0 Å². The molecule has 2 amide bonds. The van der Waals surface area contributed by atoms with E-state index in [2.05, 4.69) is 12.3 Å². The molecule has 0 saturated heterocycles. The summed E-state index contributed by atoms with van der Waals surface area (Å²) < 4.78 is 10.4. The van der Waals surface area contributed by atoms with E-state index in [-0.39, 0.29) is 0 Å². The van der Waals surface area contributed by atoms with E-state index in [1.807, 2.05) is 0 Å². The number of hydrazine groups is 1. The van der Waals surface area contributed by atoms with Crippen molar-refractivity contribution in [3.63, 3.8) is 0 Å². The molecule has 0 aromatic carbocycles. The van der Waals surface area contributed by atoms with Gasteiger partial charge in [-0.05, 0) is 48.0 Å². The molecule has 0 aromatic rings. The first-order valence-electron chi connectivity index (χ1n) is 7.45. The van der Waals surface area contributed by atoms with Crippen LogP contribution in [0, 0.1) is 0 Å². The Bertz CT molecular complexity index is 343. The zero-order valence-electron chi connectivity index (χ0n) is 14.4. The van der Waals surface area contributed by atoms with Crippen molar-refractivity contribution in [2.24, 2.45) is 0 Å². The van der Waals surface area contributed by atoms with E-state index in [4.69, 9.17) is 9.47 Å². The number of hydrogen-bond acceptors (Lipinski definition) is 4. The van der Waals surface area contributed by atoms with E-state index in [1.165, 1.54) is 5.01 Å². The normalized spacial score (nSPS) is 11.8. The summed E-state index contributed by atoms with van der Waals surface area (Å²) in [6, 6.07) is 0. The van der Waals surface area contributed by atoms with Gasteiger partial charge in [0.05, 0.1) is 0 Å². The monoisotopic (exact) mass is 302 g/mol. The van der Waals surface area contributed by atoms with Crippen molar-refractivity contribution in [1.82, 2.24) is 10.4 Å². The Morgan fingerprint density at radius 1 is 0.952 bits per heavy atom. The Morgan fingerprint density at radius 2 is 1.48 bits per heavy atom. The van der Waals surface area contributed by atoms with E-state index in [0.29, 0.717) is 6.54 Å². The third-order valence-electron chi connectivity index (χ3n) is 2.22. The number of amides is 2. The van der Waals surface area contributed by atoms with Crippen molar-refractivity contribution in [2.45, 2.75) is 78.9 Å². The molecule has 6 nitrogen and oxygen atoms in total. The first-order valence-corrected chi connectivity index (χ1v) is 7.45. The maximum atomic E-state index is 12.1. The van der Waals surface area contributed by atoms with Crippen molar-refractivity contribution < 1.29 is 19.1 Å². The van der Waals surface area contributed by atoms with Crippen LogP contribution in [0.1, 0.15) is 67.7 Å². The first kappa shape index (κ1) is 19.5. The largest absolute Gasteiger partial charge is 0.443 e. The summed E-state index contributed by atoms with van der Waals surface area (Å²) in [5, 5.41) is 1.18. The predicted octanol–water partition coefficient (Wildman–Crippen LogP) is 3.85. The van der Waals surface area contributed by atoms with Crippen LogP contribution >= 0.6 is 0 Å². The molecule has 0 aliphatic carbocycles. The average Bonchev–Trinajstić information content (AvgIpc) is 2.22. The molecule has 124 valence electrons. The Morgan fingerprint density at radius 3 is 1.90 bits per heavy atom. The van der Waals surface area contributed by atoms with E-state index < -0.39 is 23.4 Å². The molecule has 0 fully saturated rings. The Kier molecular flexibility index (Phi) is 7.53. The topological polar surface area (TPSA) is 67.9 Å². The summed E-state index contributed by atoms with van der Waals surface area (Å²) in [7, 11) is 0. The molecule has 0 rings (SSSR count). The maximum absolute atomic E-state index is 12.1. The highest BCUT2D eigenvalue weighted by molar-refractivity contribution is 5.74. The fourth-order valence-electron chi connectivity index (χ4n) is 1.44. The van der Waals surface area contributed by atoms with Gasteiger partial charge >= 0.3 is 12.2 Å². The van der Waals surface area contributed by atoms with Gasteiger partial charge in [-0.15, -0.1) is 0 Å². The molecular weight excluding hydrogens is 272 g/mol. The van der Waals surface area contributed by atoms with E-state index >= 15 is 0 Å². The number of carbonyl (C=O) groups is 2. The van der Waals surface area contributed by atoms with Crippen LogP contribution in [0.3, 0.4) is 0 Å². The lowest BCUT2D eigenvalue weighted by molar-refractivity contribution is 0.00104. The van der Waals surface area contributed by atoms with E-state index in [9.17, 15) is 9.59 Å². The lowest BCUT2D eigenvalue weighted by Gasteiger charge is -2.28. The van der Waals surface area contributed by atoms with Crippen LogP contribution in [0.25, 0.3) is 0 Å². The molecule has 0 heterocycles. The quantitative estimate of drug-likeness (QED) is 0.632. The van der Waals surface area contributed by atoms with Gasteiger partial charge in [0.2, 0.25) is 0 Å². The zero-order chi connectivity index (χ0) is 16.7. The van der Waals surface area contributed by atoms with Crippen molar-refractivity contribution in [2.75, 3.05) is 6.54 Å². The van der Waals surface area contributed by atoms with Crippen molar-refractivity contribution >= 4 is 12.2 Å². The molecular formula is C15H30N2O4. The SMILES string of the molecule is CCCCCN(NC(=O)OC(C)(C)C)C(=O)OC(C)(C)C. The van der Waals surface area contributed by atoms with Gasteiger partial charge in [-0.25, -0.2) is 20.0 Å². The van der Waals surface area contributed by atoms with Crippen LogP contribution in [-0.4, -0.2) is 34.9 Å². The molecule has 6 heteroatoms. The summed E-state index contributed by atoms with van der Waals surface area (Å²) in [4.78, 5) is 23.9. The fraction of sp³-hybridized carbons (Fsp3) is 0.867. The minimum atomic E-state index is -0.662. The predicted molar refractivity (Wildman–Crippen MR) is 81.8 cm³/mol. The second-order valence-electron chi connectivity index (χ2n) is 6.95. The van der Waals surface area contributed by atoms with Gasteiger partial charge in [0.15, 0.2) is 0 Å².